The highest BCUT2D eigenvalue weighted by molar-refractivity contribution is 9.09. The van der Waals surface area contributed by atoms with Gasteiger partial charge in [0, 0.05) is 5.33 Å². The third kappa shape index (κ3) is 4.91. The molecule has 0 aromatic heterocycles. The van der Waals surface area contributed by atoms with Crippen molar-refractivity contribution in [3.8, 4) is 0 Å². The molecule has 0 bridgehead atoms. The summed E-state index contributed by atoms with van der Waals surface area (Å²) in [6.45, 7) is 8.28. The van der Waals surface area contributed by atoms with Gasteiger partial charge in [0.15, 0.2) is 0 Å². The number of hydrogen-bond acceptors (Lipinski definition) is 1. The second-order valence-corrected chi connectivity index (χ2v) is 4.89. The Bertz CT molecular complexity index is 114. The van der Waals surface area contributed by atoms with Crippen LogP contribution in [0.4, 0.5) is 0 Å². The summed E-state index contributed by atoms with van der Waals surface area (Å²) in [6, 6.07) is 0. The van der Waals surface area contributed by atoms with Gasteiger partial charge < -0.3 is 0 Å². The van der Waals surface area contributed by atoms with Gasteiger partial charge in [-0.2, -0.15) is 11.8 Å². The lowest BCUT2D eigenvalue weighted by Crippen LogP contribution is -2.15. The zero-order valence-electron chi connectivity index (χ0n) is 7.40. The summed E-state index contributed by atoms with van der Waals surface area (Å²) in [5, 5.41) is 1.02. The minimum atomic E-state index is 0.294. The smallest absolute Gasteiger partial charge is 0.0120 e. The first-order valence-corrected chi connectivity index (χ1v) is 6.23. The van der Waals surface area contributed by atoms with Crippen molar-refractivity contribution in [3.63, 3.8) is 0 Å². The number of thioether (sulfide) groups is 1. The van der Waals surface area contributed by atoms with E-state index in [0.29, 0.717) is 5.41 Å². The van der Waals surface area contributed by atoms with Crippen LogP contribution in [-0.2, 0) is 0 Å². The van der Waals surface area contributed by atoms with Crippen LogP contribution in [-0.4, -0.2) is 16.8 Å². The molecule has 66 valence electrons. The molecule has 0 heterocycles. The van der Waals surface area contributed by atoms with Gasteiger partial charge in [0.2, 0.25) is 0 Å². The van der Waals surface area contributed by atoms with Crippen molar-refractivity contribution in [2.24, 2.45) is 5.41 Å². The molecule has 2 heteroatoms. The lowest BCUT2D eigenvalue weighted by Gasteiger charge is -2.22. The molecule has 1 unspecified atom stereocenters. The SMILES string of the molecule is C=CC(C)(CBr)CCSCC. The highest BCUT2D eigenvalue weighted by Crippen LogP contribution is 2.26. The zero-order chi connectivity index (χ0) is 8.74. The average Bonchev–Trinajstić information content (AvgIpc) is 2.05. The van der Waals surface area contributed by atoms with E-state index in [1.54, 1.807) is 0 Å². The molecule has 0 fully saturated rings. The predicted octanol–water partition coefficient (Wildman–Crippen LogP) is 3.72. The Morgan fingerprint density at radius 3 is 2.64 bits per heavy atom. The molecule has 0 rings (SSSR count). The van der Waals surface area contributed by atoms with E-state index in [2.05, 4.69) is 42.4 Å². The van der Waals surface area contributed by atoms with E-state index in [9.17, 15) is 0 Å². The Morgan fingerprint density at radius 1 is 1.64 bits per heavy atom. The van der Waals surface area contributed by atoms with Crippen LogP contribution >= 0.6 is 27.7 Å². The zero-order valence-corrected chi connectivity index (χ0v) is 9.80. The highest BCUT2D eigenvalue weighted by atomic mass is 79.9. The van der Waals surface area contributed by atoms with E-state index in [4.69, 9.17) is 0 Å². The van der Waals surface area contributed by atoms with E-state index in [1.807, 2.05) is 11.8 Å². The Morgan fingerprint density at radius 2 is 2.27 bits per heavy atom. The third-order valence-corrected chi connectivity index (χ3v) is 4.00. The molecule has 0 N–H and O–H groups in total. The lowest BCUT2D eigenvalue weighted by atomic mass is 9.91. The van der Waals surface area contributed by atoms with E-state index in [0.717, 1.165) is 5.33 Å². The molecule has 0 nitrogen and oxygen atoms in total. The Labute approximate surface area is 83.0 Å². The second kappa shape index (κ2) is 6.13. The molecule has 0 aliphatic rings. The van der Waals surface area contributed by atoms with Crippen LogP contribution in [0.5, 0.6) is 0 Å². The van der Waals surface area contributed by atoms with Gasteiger partial charge in [-0.25, -0.2) is 0 Å². The summed E-state index contributed by atoms with van der Waals surface area (Å²) in [5.41, 5.74) is 0.294. The first kappa shape index (κ1) is 11.6. The molecule has 0 saturated heterocycles. The Balaban J connectivity index is 3.60. The van der Waals surface area contributed by atoms with Crippen molar-refractivity contribution in [1.82, 2.24) is 0 Å². The third-order valence-electron chi connectivity index (χ3n) is 1.82. The fourth-order valence-corrected chi connectivity index (χ4v) is 2.08. The fraction of sp³-hybridized carbons (Fsp3) is 0.778. The molecular formula is C9H17BrS. The Hall–Kier alpha value is 0.570. The van der Waals surface area contributed by atoms with Crippen LogP contribution in [0.2, 0.25) is 0 Å². The molecular weight excluding hydrogens is 220 g/mol. The fourth-order valence-electron chi connectivity index (χ4n) is 0.673. The minimum absolute atomic E-state index is 0.294. The van der Waals surface area contributed by atoms with E-state index in [-0.39, 0.29) is 0 Å². The van der Waals surface area contributed by atoms with Crippen LogP contribution in [0.1, 0.15) is 20.3 Å². The topological polar surface area (TPSA) is 0 Å². The van der Waals surface area contributed by atoms with E-state index in [1.165, 1.54) is 17.9 Å². The normalized spacial score (nSPS) is 15.9. The van der Waals surface area contributed by atoms with Gasteiger partial charge in [-0.1, -0.05) is 35.9 Å². The largest absolute Gasteiger partial charge is 0.162 e. The van der Waals surface area contributed by atoms with Crippen LogP contribution in [0, 0.1) is 5.41 Å². The molecule has 0 amide bonds. The molecule has 0 radical (unpaired) electrons. The maximum absolute atomic E-state index is 3.84. The van der Waals surface area contributed by atoms with Crippen molar-refractivity contribution in [1.29, 1.82) is 0 Å². The van der Waals surface area contributed by atoms with Gasteiger partial charge in [-0.3, -0.25) is 0 Å². The maximum Gasteiger partial charge on any atom is 0.0120 e. The van der Waals surface area contributed by atoms with Crippen LogP contribution in [0.15, 0.2) is 12.7 Å². The van der Waals surface area contributed by atoms with Gasteiger partial charge >= 0.3 is 0 Å². The average molecular weight is 237 g/mol. The summed E-state index contributed by atoms with van der Waals surface area (Å²) in [5.74, 6) is 2.46. The number of halogens is 1. The first-order chi connectivity index (χ1) is 5.18. The molecule has 1 atom stereocenters. The maximum atomic E-state index is 3.84. The second-order valence-electron chi connectivity index (χ2n) is 2.94. The van der Waals surface area contributed by atoms with E-state index < -0.39 is 0 Å². The molecule has 0 spiro atoms. The van der Waals surface area contributed by atoms with Gasteiger partial charge in [-0.05, 0) is 23.3 Å². The quantitative estimate of drug-likeness (QED) is 0.385. The Kier molecular flexibility index (Phi) is 6.44. The van der Waals surface area contributed by atoms with Crippen LogP contribution < -0.4 is 0 Å². The molecule has 11 heavy (non-hydrogen) atoms. The summed E-state index contributed by atoms with van der Waals surface area (Å²) in [4.78, 5) is 0. The summed E-state index contributed by atoms with van der Waals surface area (Å²) in [6.07, 6.45) is 3.28. The molecule has 0 aromatic rings. The minimum Gasteiger partial charge on any atom is -0.162 e. The highest BCUT2D eigenvalue weighted by Gasteiger charge is 2.17. The molecule has 0 aromatic carbocycles. The van der Waals surface area contributed by atoms with Gasteiger partial charge in [0.25, 0.3) is 0 Å². The molecule has 0 aliphatic carbocycles. The van der Waals surface area contributed by atoms with Gasteiger partial charge in [-0.15, -0.1) is 6.58 Å². The van der Waals surface area contributed by atoms with Crippen molar-refractivity contribution in [3.05, 3.63) is 12.7 Å². The van der Waals surface area contributed by atoms with Crippen molar-refractivity contribution in [2.45, 2.75) is 20.3 Å². The standard InChI is InChI=1S/C9H17BrS/c1-4-9(3,8-10)6-7-11-5-2/h4H,1,5-8H2,2-3H3. The van der Waals surface area contributed by atoms with Crippen molar-refractivity contribution >= 4 is 27.7 Å². The molecule has 0 aliphatic heterocycles. The van der Waals surface area contributed by atoms with Gasteiger partial charge in [0.05, 0.1) is 0 Å². The van der Waals surface area contributed by atoms with Crippen LogP contribution in [0.25, 0.3) is 0 Å². The van der Waals surface area contributed by atoms with Crippen molar-refractivity contribution in [2.75, 3.05) is 16.8 Å². The number of allylic oxidation sites excluding steroid dienone is 1. The lowest BCUT2D eigenvalue weighted by molar-refractivity contribution is 0.482. The summed E-state index contributed by atoms with van der Waals surface area (Å²) in [7, 11) is 0. The number of rotatable bonds is 6. The summed E-state index contributed by atoms with van der Waals surface area (Å²) < 4.78 is 0. The van der Waals surface area contributed by atoms with Gasteiger partial charge in [0.1, 0.15) is 0 Å². The van der Waals surface area contributed by atoms with E-state index >= 15 is 0 Å². The first-order valence-electron chi connectivity index (χ1n) is 3.96. The molecule has 0 saturated carbocycles. The van der Waals surface area contributed by atoms with Crippen molar-refractivity contribution < 1.29 is 0 Å². The van der Waals surface area contributed by atoms with Crippen LogP contribution in [0.3, 0.4) is 0 Å². The monoisotopic (exact) mass is 236 g/mol. The predicted molar refractivity (Wildman–Crippen MR) is 59.7 cm³/mol. The number of alkyl halides is 1. The summed E-state index contributed by atoms with van der Waals surface area (Å²) >= 11 is 5.50. The number of hydrogen-bond donors (Lipinski definition) is 0.